The average molecular weight is 181 g/mol. The molecule has 1 aromatic heterocycles. The molecular weight excluding hydrogens is 162 g/mol. The molecule has 0 saturated carbocycles. The number of aromatic amines is 1. The minimum absolute atomic E-state index is 0.116. The molecule has 1 aromatic rings. The van der Waals surface area contributed by atoms with Gasteiger partial charge in [0.2, 0.25) is 0 Å². The summed E-state index contributed by atoms with van der Waals surface area (Å²) in [4.78, 5) is 0. The van der Waals surface area contributed by atoms with Crippen molar-refractivity contribution >= 4 is 0 Å². The largest absolute Gasteiger partial charge is 0.323 e. The highest BCUT2D eigenvalue weighted by Gasteiger charge is 2.10. The first kappa shape index (κ1) is 10.3. The molecule has 0 amide bonds. The fourth-order valence-electron chi connectivity index (χ4n) is 1.39. The quantitative estimate of drug-likeness (QED) is 0.747. The lowest BCUT2D eigenvalue weighted by atomic mass is 10.0. The summed E-state index contributed by atoms with van der Waals surface area (Å²) in [6.07, 6.45) is 4.02. The SMILES string of the molecule is Cc1cn[nH]c1C(N)CCC(C)C. The van der Waals surface area contributed by atoms with Crippen molar-refractivity contribution in [2.75, 3.05) is 0 Å². The third-order valence-corrected chi connectivity index (χ3v) is 2.29. The molecule has 74 valence electrons. The smallest absolute Gasteiger partial charge is 0.0548 e. The molecule has 1 atom stereocenters. The van der Waals surface area contributed by atoms with Gasteiger partial charge in [-0.3, -0.25) is 5.10 Å². The Morgan fingerprint density at radius 2 is 2.15 bits per heavy atom. The molecule has 13 heavy (non-hydrogen) atoms. The number of H-pyrrole nitrogens is 1. The Morgan fingerprint density at radius 3 is 2.62 bits per heavy atom. The number of nitrogens with zero attached hydrogens (tertiary/aromatic N) is 1. The lowest BCUT2D eigenvalue weighted by Crippen LogP contribution is -2.12. The van der Waals surface area contributed by atoms with Gasteiger partial charge in [0.25, 0.3) is 0 Å². The first-order chi connectivity index (χ1) is 6.11. The summed E-state index contributed by atoms with van der Waals surface area (Å²) >= 11 is 0. The van der Waals surface area contributed by atoms with Crippen molar-refractivity contribution in [1.29, 1.82) is 0 Å². The minimum atomic E-state index is 0.116. The second-order valence-corrected chi connectivity index (χ2v) is 4.04. The maximum absolute atomic E-state index is 6.02. The highest BCUT2D eigenvalue weighted by atomic mass is 15.1. The molecule has 0 fully saturated rings. The fraction of sp³-hybridized carbons (Fsp3) is 0.700. The third-order valence-electron chi connectivity index (χ3n) is 2.29. The molecule has 0 aliphatic heterocycles. The Morgan fingerprint density at radius 1 is 1.46 bits per heavy atom. The van der Waals surface area contributed by atoms with Gasteiger partial charge in [-0.15, -0.1) is 0 Å². The molecule has 3 N–H and O–H groups in total. The zero-order chi connectivity index (χ0) is 9.84. The number of nitrogens with two attached hydrogens (primary N) is 1. The van der Waals surface area contributed by atoms with Gasteiger partial charge < -0.3 is 5.73 Å². The van der Waals surface area contributed by atoms with Crippen molar-refractivity contribution in [3.8, 4) is 0 Å². The van der Waals surface area contributed by atoms with E-state index in [1.165, 1.54) is 6.42 Å². The van der Waals surface area contributed by atoms with Crippen LogP contribution in [0, 0.1) is 12.8 Å². The predicted octanol–water partition coefficient (Wildman–Crippen LogP) is 2.15. The van der Waals surface area contributed by atoms with Crippen molar-refractivity contribution in [1.82, 2.24) is 10.2 Å². The molecule has 3 heteroatoms. The van der Waals surface area contributed by atoms with Crippen LogP contribution in [0.4, 0.5) is 0 Å². The van der Waals surface area contributed by atoms with Gasteiger partial charge in [0.1, 0.15) is 0 Å². The van der Waals surface area contributed by atoms with Crippen LogP contribution in [0.5, 0.6) is 0 Å². The van der Waals surface area contributed by atoms with Crippen LogP contribution in [0.25, 0.3) is 0 Å². The third kappa shape index (κ3) is 2.84. The Hall–Kier alpha value is -0.830. The van der Waals surface area contributed by atoms with Crippen LogP contribution in [-0.2, 0) is 0 Å². The van der Waals surface area contributed by atoms with Crippen LogP contribution in [0.3, 0.4) is 0 Å². The van der Waals surface area contributed by atoms with E-state index in [1.807, 2.05) is 13.1 Å². The van der Waals surface area contributed by atoms with Crippen LogP contribution < -0.4 is 5.73 Å². The normalized spacial score (nSPS) is 13.6. The van der Waals surface area contributed by atoms with Gasteiger partial charge in [-0.2, -0.15) is 5.10 Å². The van der Waals surface area contributed by atoms with Gasteiger partial charge in [0.05, 0.1) is 11.9 Å². The summed E-state index contributed by atoms with van der Waals surface area (Å²) in [5.41, 5.74) is 8.26. The van der Waals surface area contributed by atoms with Crippen molar-refractivity contribution < 1.29 is 0 Å². The van der Waals surface area contributed by atoms with Crippen LogP contribution in [-0.4, -0.2) is 10.2 Å². The summed E-state index contributed by atoms with van der Waals surface area (Å²) < 4.78 is 0. The predicted molar refractivity (Wildman–Crippen MR) is 54.3 cm³/mol. The number of hydrogen-bond acceptors (Lipinski definition) is 2. The number of hydrogen-bond donors (Lipinski definition) is 2. The molecule has 0 aromatic carbocycles. The average Bonchev–Trinajstić information content (AvgIpc) is 2.47. The van der Waals surface area contributed by atoms with E-state index in [0.717, 1.165) is 17.7 Å². The van der Waals surface area contributed by atoms with E-state index in [0.29, 0.717) is 5.92 Å². The summed E-state index contributed by atoms with van der Waals surface area (Å²) in [5.74, 6) is 0.717. The van der Waals surface area contributed by atoms with Gasteiger partial charge in [-0.25, -0.2) is 0 Å². The minimum Gasteiger partial charge on any atom is -0.323 e. The van der Waals surface area contributed by atoms with Crippen LogP contribution in [0.2, 0.25) is 0 Å². The first-order valence-electron chi connectivity index (χ1n) is 4.86. The van der Waals surface area contributed by atoms with Gasteiger partial charge >= 0.3 is 0 Å². The molecule has 0 spiro atoms. The van der Waals surface area contributed by atoms with E-state index in [2.05, 4.69) is 24.0 Å². The van der Waals surface area contributed by atoms with Crippen molar-refractivity contribution in [2.45, 2.75) is 39.7 Å². The van der Waals surface area contributed by atoms with E-state index in [-0.39, 0.29) is 6.04 Å². The lowest BCUT2D eigenvalue weighted by molar-refractivity contribution is 0.500. The highest BCUT2D eigenvalue weighted by molar-refractivity contribution is 5.17. The molecule has 0 aliphatic rings. The molecule has 1 unspecified atom stereocenters. The van der Waals surface area contributed by atoms with Crippen LogP contribution >= 0.6 is 0 Å². The molecule has 1 rings (SSSR count). The zero-order valence-corrected chi connectivity index (χ0v) is 8.67. The van der Waals surface area contributed by atoms with Crippen molar-refractivity contribution in [2.24, 2.45) is 11.7 Å². The van der Waals surface area contributed by atoms with Crippen molar-refractivity contribution in [3.05, 3.63) is 17.5 Å². The second kappa shape index (κ2) is 4.42. The van der Waals surface area contributed by atoms with Crippen LogP contribution in [0.15, 0.2) is 6.20 Å². The molecule has 0 radical (unpaired) electrons. The van der Waals surface area contributed by atoms with E-state index in [9.17, 15) is 0 Å². The number of aromatic nitrogens is 2. The molecule has 0 aliphatic carbocycles. The number of nitrogens with one attached hydrogen (secondary N) is 1. The maximum atomic E-state index is 6.02. The van der Waals surface area contributed by atoms with E-state index in [1.54, 1.807) is 0 Å². The maximum Gasteiger partial charge on any atom is 0.0548 e. The fourth-order valence-corrected chi connectivity index (χ4v) is 1.39. The standard InChI is InChI=1S/C10H19N3/c1-7(2)4-5-9(11)10-8(3)6-12-13-10/h6-7,9H,4-5,11H2,1-3H3,(H,12,13). The summed E-state index contributed by atoms with van der Waals surface area (Å²) in [6, 6.07) is 0.116. The van der Waals surface area contributed by atoms with Crippen LogP contribution in [0.1, 0.15) is 44.0 Å². The van der Waals surface area contributed by atoms with Gasteiger partial charge in [0, 0.05) is 6.04 Å². The highest BCUT2D eigenvalue weighted by Crippen LogP contribution is 2.18. The van der Waals surface area contributed by atoms with Gasteiger partial charge in [0.15, 0.2) is 0 Å². The number of aryl methyl sites for hydroxylation is 1. The summed E-state index contributed by atoms with van der Waals surface area (Å²) in [7, 11) is 0. The zero-order valence-electron chi connectivity index (χ0n) is 8.67. The van der Waals surface area contributed by atoms with Gasteiger partial charge in [-0.05, 0) is 31.2 Å². The molecule has 1 heterocycles. The van der Waals surface area contributed by atoms with E-state index >= 15 is 0 Å². The lowest BCUT2D eigenvalue weighted by Gasteiger charge is -2.11. The first-order valence-corrected chi connectivity index (χ1v) is 4.86. The number of rotatable bonds is 4. The van der Waals surface area contributed by atoms with Crippen molar-refractivity contribution in [3.63, 3.8) is 0 Å². The monoisotopic (exact) mass is 181 g/mol. The Kier molecular flexibility index (Phi) is 3.48. The molecular formula is C10H19N3. The Labute approximate surface area is 79.7 Å². The summed E-state index contributed by atoms with van der Waals surface area (Å²) in [5, 5.41) is 6.92. The van der Waals surface area contributed by atoms with E-state index in [4.69, 9.17) is 5.73 Å². The summed E-state index contributed by atoms with van der Waals surface area (Å²) in [6.45, 7) is 6.47. The Balaban J connectivity index is 2.49. The van der Waals surface area contributed by atoms with Gasteiger partial charge in [-0.1, -0.05) is 13.8 Å². The molecule has 0 bridgehead atoms. The molecule has 3 nitrogen and oxygen atoms in total. The Bertz CT molecular complexity index is 252. The molecule has 0 saturated heterocycles. The second-order valence-electron chi connectivity index (χ2n) is 4.04. The topological polar surface area (TPSA) is 54.7 Å². The van der Waals surface area contributed by atoms with E-state index < -0.39 is 0 Å².